The van der Waals surface area contributed by atoms with Crippen molar-refractivity contribution in [2.24, 2.45) is 0 Å². The zero-order valence-corrected chi connectivity index (χ0v) is 14.5. The van der Waals surface area contributed by atoms with Crippen LogP contribution >= 0.6 is 0 Å². The van der Waals surface area contributed by atoms with E-state index in [1.54, 1.807) is 13.8 Å². The number of aromatic nitrogens is 2. The van der Waals surface area contributed by atoms with Crippen molar-refractivity contribution in [3.63, 3.8) is 0 Å². The zero-order valence-electron chi connectivity index (χ0n) is 14.5. The van der Waals surface area contributed by atoms with Crippen molar-refractivity contribution in [1.82, 2.24) is 9.97 Å². The van der Waals surface area contributed by atoms with E-state index in [1.807, 2.05) is 0 Å². The number of benzene rings is 1. The summed E-state index contributed by atoms with van der Waals surface area (Å²) in [4.78, 5) is 31.3. The summed E-state index contributed by atoms with van der Waals surface area (Å²) in [7, 11) is 0. The van der Waals surface area contributed by atoms with Crippen molar-refractivity contribution < 1.29 is 18.0 Å². The Morgan fingerprint density at radius 2 is 1.73 bits per heavy atom. The van der Waals surface area contributed by atoms with Crippen LogP contribution in [-0.2, 0) is 11.6 Å². The summed E-state index contributed by atoms with van der Waals surface area (Å²) in [5, 5.41) is 0. The lowest BCUT2D eigenvalue weighted by atomic mass is 9.79. The van der Waals surface area contributed by atoms with Crippen LogP contribution in [0.3, 0.4) is 0 Å². The second-order valence-electron chi connectivity index (χ2n) is 7.35. The zero-order chi connectivity index (χ0) is 19.1. The van der Waals surface area contributed by atoms with Crippen LogP contribution in [0.1, 0.15) is 66.5 Å². The Morgan fingerprint density at radius 3 is 2.27 bits per heavy atom. The van der Waals surface area contributed by atoms with Crippen LogP contribution in [0.4, 0.5) is 13.2 Å². The van der Waals surface area contributed by atoms with Crippen LogP contribution in [0.2, 0.25) is 0 Å². The Bertz CT molecular complexity index is 879. The number of H-pyrrole nitrogens is 1. The Kier molecular flexibility index (Phi) is 4.50. The van der Waals surface area contributed by atoms with Crippen LogP contribution in [0.25, 0.3) is 0 Å². The number of halogens is 3. The monoisotopic (exact) mass is 364 g/mol. The molecule has 0 spiro atoms. The summed E-state index contributed by atoms with van der Waals surface area (Å²) in [5.74, 6) is 0.439. The molecule has 1 aliphatic rings. The minimum absolute atomic E-state index is 0.0406. The number of aromatic amines is 1. The number of nitrogens with zero attached hydrogens (tertiary/aromatic N) is 1. The Hall–Kier alpha value is -2.44. The standard InChI is InChI=1S/C19H19F3N2O2/c1-18(2,12-5-7-13(8-6-12)19(20,21)22)10-15(25)14-9-16(26)24-17(23-14)11-3-4-11/h5-9,11H,3-4,10H2,1-2H3,(H,23,24,26). The smallest absolute Gasteiger partial charge is 0.310 e. The maximum atomic E-state index is 12.7. The number of alkyl halides is 3. The molecule has 1 saturated carbocycles. The van der Waals surface area contributed by atoms with Gasteiger partial charge < -0.3 is 4.98 Å². The largest absolute Gasteiger partial charge is 0.416 e. The van der Waals surface area contributed by atoms with Gasteiger partial charge in [0.25, 0.3) is 5.56 Å². The fourth-order valence-corrected chi connectivity index (χ4v) is 2.87. The van der Waals surface area contributed by atoms with Crippen molar-refractivity contribution in [2.45, 2.75) is 50.6 Å². The molecule has 26 heavy (non-hydrogen) atoms. The van der Waals surface area contributed by atoms with Crippen molar-refractivity contribution in [3.8, 4) is 0 Å². The highest BCUT2D eigenvalue weighted by molar-refractivity contribution is 5.95. The van der Waals surface area contributed by atoms with Gasteiger partial charge in [0.1, 0.15) is 11.5 Å². The van der Waals surface area contributed by atoms with Crippen molar-refractivity contribution in [3.05, 3.63) is 63.3 Å². The van der Waals surface area contributed by atoms with E-state index in [2.05, 4.69) is 9.97 Å². The van der Waals surface area contributed by atoms with Crippen LogP contribution in [0.5, 0.6) is 0 Å². The predicted octanol–water partition coefficient (Wildman–Crippen LogP) is 4.22. The number of nitrogens with one attached hydrogen (secondary N) is 1. The molecule has 3 rings (SSSR count). The van der Waals surface area contributed by atoms with Crippen molar-refractivity contribution in [2.75, 3.05) is 0 Å². The van der Waals surface area contributed by atoms with Crippen LogP contribution < -0.4 is 5.56 Å². The first-order valence-corrected chi connectivity index (χ1v) is 8.38. The lowest BCUT2D eigenvalue weighted by molar-refractivity contribution is -0.137. The van der Waals surface area contributed by atoms with Gasteiger partial charge in [-0.25, -0.2) is 4.98 Å². The third kappa shape index (κ3) is 4.03. The number of carbonyl (C=O) groups is 1. The van der Waals surface area contributed by atoms with E-state index in [0.717, 1.165) is 25.0 Å². The number of Topliss-reactive ketones (excluding diaryl/α,β-unsaturated/α-hetero) is 1. The summed E-state index contributed by atoms with van der Waals surface area (Å²) in [6, 6.07) is 5.97. The molecule has 4 nitrogen and oxygen atoms in total. The molecular formula is C19H19F3N2O2. The van der Waals surface area contributed by atoms with Gasteiger partial charge in [-0.15, -0.1) is 0 Å². The lowest BCUT2D eigenvalue weighted by Gasteiger charge is -2.25. The molecule has 1 N–H and O–H groups in total. The van der Waals surface area contributed by atoms with Gasteiger partial charge in [0, 0.05) is 18.4 Å². The number of ketones is 1. The molecule has 0 saturated heterocycles. The molecule has 1 aromatic carbocycles. The average molecular weight is 364 g/mol. The molecule has 0 radical (unpaired) electrons. The highest BCUT2D eigenvalue weighted by Crippen LogP contribution is 2.38. The summed E-state index contributed by atoms with van der Waals surface area (Å²) < 4.78 is 38.1. The fourth-order valence-electron chi connectivity index (χ4n) is 2.87. The van der Waals surface area contributed by atoms with E-state index in [9.17, 15) is 22.8 Å². The van der Waals surface area contributed by atoms with Gasteiger partial charge in [-0.1, -0.05) is 26.0 Å². The predicted molar refractivity (Wildman–Crippen MR) is 90.3 cm³/mol. The van der Waals surface area contributed by atoms with Gasteiger partial charge in [-0.2, -0.15) is 13.2 Å². The molecule has 1 aliphatic carbocycles. The minimum Gasteiger partial charge on any atom is -0.310 e. The van der Waals surface area contributed by atoms with Crippen LogP contribution in [0.15, 0.2) is 35.1 Å². The Balaban J connectivity index is 1.80. The number of rotatable bonds is 5. The van der Waals surface area contributed by atoms with Crippen molar-refractivity contribution >= 4 is 5.78 Å². The van der Waals surface area contributed by atoms with Gasteiger partial charge in [-0.3, -0.25) is 9.59 Å². The van der Waals surface area contributed by atoms with E-state index in [0.29, 0.717) is 11.4 Å². The first-order chi connectivity index (χ1) is 12.1. The molecule has 0 bridgehead atoms. The molecule has 0 aliphatic heterocycles. The van der Waals surface area contributed by atoms with Gasteiger partial charge in [0.05, 0.1) is 5.56 Å². The minimum atomic E-state index is -4.40. The van der Waals surface area contributed by atoms with Gasteiger partial charge in [0.15, 0.2) is 5.78 Å². The Labute approximate surface area is 148 Å². The second kappa shape index (κ2) is 6.37. The third-order valence-corrected chi connectivity index (χ3v) is 4.61. The normalized spacial score (nSPS) is 15.1. The third-order valence-electron chi connectivity index (χ3n) is 4.61. The highest BCUT2D eigenvalue weighted by atomic mass is 19.4. The molecule has 1 heterocycles. The first kappa shape index (κ1) is 18.4. The number of carbonyl (C=O) groups excluding carboxylic acids is 1. The first-order valence-electron chi connectivity index (χ1n) is 8.38. The molecule has 1 fully saturated rings. The van der Waals surface area contributed by atoms with Crippen LogP contribution in [0, 0.1) is 0 Å². The Morgan fingerprint density at radius 1 is 1.15 bits per heavy atom. The van der Waals surface area contributed by atoms with Gasteiger partial charge in [-0.05, 0) is 36.0 Å². The van der Waals surface area contributed by atoms with Crippen molar-refractivity contribution in [1.29, 1.82) is 0 Å². The quantitative estimate of drug-likeness (QED) is 0.808. The van der Waals surface area contributed by atoms with E-state index >= 15 is 0 Å². The van der Waals surface area contributed by atoms with Gasteiger partial charge >= 0.3 is 6.18 Å². The molecule has 2 aromatic rings. The van der Waals surface area contributed by atoms with E-state index in [4.69, 9.17) is 0 Å². The molecule has 0 atom stereocenters. The van der Waals surface area contributed by atoms with E-state index < -0.39 is 17.2 Å². The lowest BCUT2D eigenvalue weighted by Crippen LogP contribution is -2.24. The van der Waals surface area contributed by atoms with Crippen LogP contribution in [-0.4, -0.2) is 15.8 Å². The molecule has 0 unspecified atom stereocenters. The molecule has 138 valence electrons. The maximum Gasteiger partial charge on any atom is 0.416 e. The summed E-state index contributed by atoms with van der Waals surface area (Å²) >= 11 is 0. The van der Waals surface area contributed by atoms with Gasteiger partial charge in [0.2, 0.25) is 0 Å². The highest BCUT2D eigenvalue weighted by Gasteiger charge is 2.32. The second-order valence-corrected chi connectivity index (χ2v) is 7.35. The summed E-state index contributed by atoms with van der Waals surface area (Å²) in [6.07, 6.45) is -2.47. The van der Waals surface area contributed by atoms with E-state index in [1.165, 1.54) is 18.2 Å². The van der Waals surface area contributed by atoms with E-state index in [-0.39, 0.29) is 29.4 Å². The molecular weight excluding hydrogens is 345 g/mol. The number of hydrogen-bond acceptors (Lipinski definition) is 3. The molecule has 1 aromatic heterocycles. The maximum absolute atomic E-state index is 12.7. The fraction of sp³-hybridized carbons (Fsp3) is 0.421. The topological polar surface area (TPSA) is 62.8 Å². The molecule has 7 heteroatoms. The summed E-state index contributed by atoms with van der Waals surface area (Å²) in [5.41, 5.74) is -1.06. The SMILES string of the molecule is CC(C)(CC(=O)c1cc(=O)[nH]c(C2CC2)n1)c1ccc(C(F)(F)F)cc1. The number of hydrogen-bond donors (Lipinski definition) is 1. The molecule has 0 amide bonds. The average Bonchev–Trinajstić information content (AvgIpc) is 3.38. The summed E-state index contributed by atoms with van der Waals surface area (Å²) in [6.45, 7) is 3.56.